The maximum absolute atomic E-state index is 14.5. The number of rotatable bonds is 25. The predicted molar refractivity (Wildman–Crippen MR) is 239 cm³/mol. The lowest BCUT2D eigenvalue weighted by atomic mass is 9.89. The lowest BCUT2D eigenvalue weighted by Gasteiger charge is -2.41. The molecule has 1 aliphatic rings. The van der Waals surface area contributed by atoms with E-state index in [0.717, 1.165) is 18.4 Å². The molecule has 3 rings (SSSR count). The van der Waals surface area contributed by atoms with Gasteiger partial charge in [0.25, 0.3) is 0 Å². The highest BCUT2D eigenvalue weighted by Crippen LogP contribution is 2.30. The number of likely N-dealkylation sites (N-methyl/N-ethyl adjacent to an activating group) is 2. The maximum atomic E-state index is 14.5. The second kappa shape index (κ2) is 25.3. The van der Waals surface area contributed by atoms with Gasteiger partial charge < -0.3 is 39.8 Å². The highest BCUT2D eigenvalue weighted by atomic mass is 16.5. The molecule has 2 aromatic rings. The SMILES string of the molecule is CC[C@H](C)[C@@H]([C@@H](CC(=O)N1CCC[C@H]1[C@H](OC)[C@@H](C)C(=O)N[C@H](C)[C@@H](O)c1ccccc1)OC)N(C)C(=O)[C@@H](NC(=O)[C@H](C(C)C)N(C)CCOCc1ccccc1)C(C)C. The number of amides is 4. The van der Waals surface area contributed by atoms with Crippen molar-refractivity contribution >= 4 is 23.6 Å². The van der Waals surface area contributed by atoms with Crippen molar-refractivity contribution in [1.29, 1.82) is 0 Å². The third kappa shape index (κ3) is 14.3. The topological polar surface area (TPSA) is 150 Å². The largest absolute Gasteiger partial charge is 0.386 e. The van der Waals surface area contributed by atoms with Gasteiger partial charge in [-0.1, -0.05) is 116 Å². The monoisotopic (exact) mass is 852 g/mol. The fourth-order valence-corrected chi connectivity index (χ4v) is 8.78. The molecule has 0 spiro atoms. The van der Waals surface area contributed by atoms with Crippen molar-refractivity contribution < 1.29 is 38.5 Å². The lowest BCUT2D eigenvalue weighted by molar-refractivity contribution is -0.148. The molecule has 1 heterocycles. The molecule has 13 nitrogen and oxygen atoms in total. The van der Waals surface area contributed by atoms with Crippen LogP contribution in [0.5, 0.6) is 0 Å². The van der Waals surface area contributed by atoms with Gasteiger partial charge in [0.15, 0.2) is 0 Å². The first-order chi connectivity index (χ1) is 29.0. The van der Waals surface area contributed by atoms with Crippen LogP contribution in [0.25, 0.3) is 0 Å². The number of nitrogens with one attached hydrogen (secondary N) is 2. The van der Waals surface area contributed by atoms with Crippen molar-refractivity contribution in [2.45, 2.75) is 136 Å². The molecule has 0 saturated carbocycles. The van der Waals surface area contributed by atoms with Crippen LogP contribution in [0.1, 0.15) is 98.3 Å². The van der Waals surface area contributed by atoms with Crippen LogP contribution in [0.4, 0.5) is 0 Å². The first-order valence-corrected chi connectivity index (χ1v) is 22.3. The third-order valence-electron chi connectivity index (χ3n) is 12.5. The molecule has 4 amide bonds. The van der Waals surface area contributed by atoms with Gasteiger partial charge in [-0.15, -0.1) is 0 Å². The average Bonchev–Trinajstić information content (AvgIpc) is 3.73. The van der Waals surface area contributed by atoms with Gasteiger partial charge in [-0.3, -0.25) is 24.1 Å². The first-order valence-electron chi connectivity index (χ1n) is 22.3. The summed E-state index contributed by atoms with van der Waals surface area (Å²) in [5.41, 5.74) is 1.79. The fraction of sp³-hybridized carbons (Fsp3) is 0.667. The van der Waals surface area contributed by atoms with E-state index >= 15 is 0 Å². The second-order valence-corrected chi connectivity index (χ2v) is 17.7. The van der Waals surface area contributed by atoms with Gasteiger partial charge in [-0.05, 0) is 55.7 Å². The summed E-state index contributed by atoms with van der Waals surface area (Å²) in [6, 6.07) is 16.5. The molecule has 61 heavy (non-hydrogen) atoms. The fourth-order valence-electron chi connectivity index (χ4n) is 8.78. The standard InChI is InChI=1S/C48H77N5O8/c1-13-33(6)43(52(10)48(58)41(31(2)3)50-47(57)42(32(4)5)51(9)27-28-61-30-36-21-16-14-17-22-36)39(59-11)29-40(54)53-26-20-25-38(53)45(60-12)34(7)46(56)49-35(8)44(55)37-23-18-15-19-24-37/h14-19,21-24,31-35,38-39,41-45,55H,13,20,25-30H2,1-12H3,(H,49,56)(H,50,57)/t33-,34+,35+,38-,39+,41-,42-,43-,44+,45+/m0/s1. The smallest absolute Gasteiger partial charge is 0.245 e. The summed E-state index contributed by atoms with van der Waals surface area (Å²) in [7, 11) is 6.77. The van der Waals surface area contributed by atoms with Crippen molar-refractivity contribution in [1.82, 2.24) is 25.3 Å². The normalized spacial score (nSPS) is 18.8. The third-order valence-corrected chi connectivity index (χ3v) is 12.5. The van der Waals surface area contributed by atoms with Crippen LogP contribution in [0.2, 0.25) is 0 Å². The van der Waals surface area contributed by atoms with Gasteiger partial charge in [0.2, 0.25) is 23.6 Å². The molecule has 0 aromatic heterocycles. The highest BCUT2D eigenvalue weighted by molar-refractivity contribution is 5.90. The molecule has 0 unspecified atom stereocenters. The molecule has 2 aromatic carbocycles. The van der Waals surface area contributed by atoms with Gasteiger partial charge in [0.05, 0.1) is 68.0 Å². The van der Waals surface area contributed by atoms with Crippen LogP contribution >= 0.6 is 0 Å². The average molecular weight is 852 g/mol. The Kier molecular flexibility index (Phi) is 21.3. The molecule has 0 bridgehead atoms. The molecule has 10 atom stereocenters. The molecular formula is C48H77N5O8. The second-order valence-electron chi connectivity index (χ2n) is 17.7. The van der Waals surface area contributed by atoms with Crippen LogP contribution in [0.15, 0.2) is 60.7 Å². The van der Waals surface area contributed by atoms with Crippen LogP contribution in [-0.2, 0) is 40.0 Å². The summed E-state index contributed by atoms with van der Waals surface area (Å²) in [6.07, 6.45) is 0.0395. The van der Waals surface area contributed by atoms with Gasteiger partial charge in [0, 0.05) is 34.4 Å². The van der Waals surface area contributed by atoms with Crippen molar-refractivity contribution in [2.75, 3.05) is 48.0 Å². The van der Waals surface area contributed by atoms with Crippen LogP contribution < -0.4 is 10.6 Å². The number of aliphatic hydroxyl groups excluding tert-OH is 1. The number of hydrogen-bond acceptors (Lipinski definition) is 9. The molecule has 1 saturated heterocycles. The predicted octanol–water partition coefficient (Wildman–Crippen LogP) is 5.46. The summed E-state index contributed by atoms with van der Waals surface area (Å²) in [5.74, 6) is -1.79. The van der Waals surface area contributed by atoms with E-state index < -0.39 is 48.4 Å². The highest BCUT2D eigenvalue weighted by Gasteiger charge is 2.43. The summed E-state index contributed by atoms with van der Waals surface area (Å²) < 4.78 is 17.9. The Morgan fingerprint density at radius 3 is 2.03 bits per heavy atom. The molecule has 3 N–H and O–H groups in total. The van der Waals surface area contributed by atoms with Crippen molar-refractivity contribution in [3.63, 3.8) is 0 Å². The van der Waals surface area contributed by atoms with E-state index in [1.807, 2.05) is 114 Å². The minimum atomic E-state index is -0.885. The quantitative estimate of drug-likeness (QED) is 0.111. The van der Waals surface area contributed by atoms with E-state index in [-0.39, 0.29) is 53.8 Å². The summed E-state index contributed by atoms with van der Waals surface area (Å²) in [4.78, 5) is 61.9. The minimum Gasteiger partial charge on any atom is -0.386 e. The molecule has 342 valence electrons. The number of benzene rings is 2. The van der Waals surface area contributed by atoms with Crippen LogP contribution in [-0.4, -0.2) is 134 Å². The number of methoxy groups -OCH3 is 2. The van der Waals surface area contributed by atoms with E-state index in [1.165, 1.54) is 0 Å². The number of carbonyl (C=O) groups is 4. The number of ether oxygens (including phenoxy) is 3. The maximum Gasteiger partial charge on any atom is 0.245 e. The molecule has 1 aliphatic heterocycles. The molecule has 1 fully saturated rings. The van der Waals surface area contributed by atoms with Gasteiger partial charge >= 0.3 is 0 Å². The zero-order valence-electron chi connectivity index (χ0n) is 39.0. The van der Waals surface area contributed by atoms with E-state index in [2.05, 4.69) is 10.6 Å². The van der Waals surface area contributed by atoms with Crippen molar-refractivity contribution in [3.05, 3.63) is 71.8 Å². The Hall–Kier alpha value is -3.88. The van der Waals surface area contributed by atoms with E-state index in [9.17, 15) is 24.3 Å². The minimum absolute atomic E-state index is 0.0161. The zero-order valence-corrected chi connectivity index (χ0v) is 39.0. The number of likely N-dealkylation sites (tertiary alicyclic amines) is 1. The van der Waals surface area contributed by atoms with E-state index in [1.54, 1.807) is 44.9 Å². The van der Waals surface area contributed by atoms with Crippen LogP contribution in [0.3, 0.4) is 0 Å². The van der Waals surface area contributed by atoms with E-state index in [4.69, 9.17) is 14.2 Å². The van der Waals surface area contributed by atoms with Gasteiger partial charge in [0.1, 0.15) is 6.04 Å². The lowest BCUT2D eigenvalue weighted by Crippen LogP contribution is -2.60. The van der Waals surface area contributed by atoms with E-state index in [0.29, 0.717) is 38.3 Å². The number of carbonyl (C=O) groups excluding carboxylic acids is 4. The summed E-state index contributed by atoms with van der Waals surface area (Å²) >= 11 is 0. The molecule has 0 aliphatic carbocycles. The molecule has 0 radical (unpaired) electrons. The Bertz CT molecular complexity index is 1630. The molecule has 13 heteroatoms. The molecular weight excluding hydrogens is 775 g/mol. The van der Waals surface area contributed by atoms with Crippen molar-refractivity contribution in [2.24, 2.45) is 23.7 Å². The first kappa shape index (κ1) is 51.5. The number of aliphatic hydroxyl groups is 1. The number of nitrogens with zero attached hydrogens (tertiary/aromatic N) is 3. The Balaban J connectivity index is 1.72. The Morgan fingerprint density at radius 1 is 0.852 bits per heavy atom. The van der Waals surface area contributed by atoms with Crippen LogP contribution in [0, 0.1) is 23.7 Å². The number of hydrogen-bond donors (Lipinski definition) is 3. The zero-order chi connectivity index (χ0) is 45.4. The summed E-state index contributed by atoms with van der Waals surface area (Å²) in [5, 5.41) is 17.0. The Morgan fingerprint density at radius 2 is 1.48 bits per heavy atom. The van der Waals surface area contributed by atoms with Gasteiger partial charge in [-0.25, -0.2) is 0 Å². The Labute approximate surface area is 366 Å². The van der Waals surface area contributed by atoms with Crippen molar-refractivity contribution in [3.8, 4) is 0 Å². The summed E-state index contributed by atoms with van der Waals surface area (Å²) in [6.45, 7) is 17.5. The van der Waals surface area contributed by atoms with Gasteiger partial charge in [-0.2, -0.15) is 0 Å².